The van der Waals surface area contributed by atoms with Gasteiger partial charge < -0.3 is 16.4 Å². The topological polar surface area (TPSA) is 84.2 Å². The molecule has 0 heterocycles. The van der Waals surface area contributed by atoms with Gasteiger partial charge in [0.1, 0.15) is 11.9 Å². The number of amides is 3. The van der Waals surface area contributed by atoms with Crippen LogP contribution < -0.4 is 16.4 Å². The van der Waals surface area contributed by atoms with Gasteiger partial charge in [0.2, 0.25) is 5.91 Å². The highest BCUT2D eigenvalue weighted by Crippen LogP contribution is 2.10. The van der Waals surface area contributed by atoms with Gasteiger partial charge in [0, 0.05) is 5.69 Å². The normalized spacial score (nSPS) is 12.0. The van der Waals surface area contributed by atoms with E-state index in [0.29, 0.717) is 5.69 Å². The number of halogens is 1. The Hall–Kier alpha value is -2.11. The molecule has 1 aromatic rings. The van der Waals surface area contributed by atoms with Crippen LogP contribution in [0.15, 0.2) is 24.3 Å². The fourth-order valence-corrected chi connectivity index (χ4v) is 1.44. The van der Waals surface area contributed by atoms with Gasteiger partial charge in [-0.25, -0.2) is 9.18 Å². The van der Waals surface area contributed by atoms with Crippen molar-refractivity contribution >= 4 is 17.6 Å². The van der Waals surface area contributed by atoms with E-state index in [0.717, 1.165) is 0 Å². The summed E-state index contributed by atoms with van der Waals surface area (Å²) in [6, 6.07) is 3.86. The number of nitrogens with two attached hydrogens (primary N) is 1. The van der Waals surface area contributed by atoms with E-state index in [1.807, 2.05) is 0 Å². The lowest BCUT2D eigenvalue weighted by molar-refractivity contribution is -0.118. The highest BCUT2D eigenvalue weighted by atomic mass is 19.1. The third kappa shape index (κ3) is 4.04. The molecule has 4 N–H and O–H groups in total. The maximum absolute atomic E-state index is 12.7. The molecule has 3 amide bonds. The molecule has 0 saturated heterocycles. The van der Waals surface area contributed by atoms with Crippen molar-refractivity contribution in [3.8, 4) is 0 Å². The van der Waals surface area contributed by atoms with E-state index in [9.17, 15) is 14.0 Å². The van der Waals surface area contributed by atoms with Gasteiger partial charge in [0.05, 0.1) is 0 Å². The monoisotopic (exact) mass is 253 g/mol. The molecule has 1 rings (SSSR count). The lowest BCUT2D eigenvalue weighted by Gasteiger charge is -2.20. The van der Waals surface area contributed by atoms with E-state index >= 15 is 0 Å². The molecule has 0 radical (unpaired) electrons. The first-order valence-electron chi connectivity index (χ1n) is 5.52. The van der Waals surface area contributed by atoms with Gasteiger partial charge in [-0.1, -0.05) is 13.8 Å². The lowest BCUT2D eigenvalue weighted by Crippen LogP contribution is -2.49. The Bertz CT molecular complexity index is 431. The molecule has 6 heteroatoms. The number of carbonyl (C=O) groups is 2. The van der Waals surface area contributed by atoms with Crippen molar-refractivity contribution in [2.75, 3.05) is 5.32 Å². The maximum atomic E-state index is 12.7. The number of benzene rings is 1. The summed E-state index contributed by atoms with van der Waals surface area (Å²) in [6.45, 7) is 3.57. The van der Waals surface area contributed by atoms with Gasteiger partial charge in [-0.05, 0) is 30.2 Å². The smallest absolute Gasteiger partial charge is 0.312 e. The number of rotatable bonds is 4. The average Bonchev–Trinajstić information content (AvgIpc) is 2.28. The molecule has 0 aliphatic heterocycles. The minimum atomic E-state index is -0.761. The number of anilines is 1. The molecule has 18 heavy (non-hydrogen) atoms. The van der Waals surface area contributed by atoms with Gasteiger partial charge in [0.15, 0.2) is 0 Å². The summed E-state index contributed by atoms with van der Waals surface area (Å²) in [5.74, 6) is -0.892. The highest BCUT2D eigenvalue weighted by Gasteiger charge is 2.23. The number of hydrogen-bond donors (Lipinski definition) is 3. The number of urea groups is 1. The third-order valence-corrected chi connectivity index (χ3v) is 2.36. The second-order valence-electron chi connectivity index (χ2n) is 4.23. The summed E-state index contributed by atoms with van der Waals surface area (Å²) in [4.78, 5) is 22.7. The predicted molar refractivity (Wildman–Crippen MR) is 66.4 cm³/mol. The molecule has 98 valence electrons. The quantitative estimate of drug-likeness (QED) is 0.759. The van der Waals surface area contributed by atoms with Gasteiger partial charge >= 0.3 is 6.03 Å². The van der Waals surface area contributed by atoms with Crippen LogP contribution in [-0.2, 0) is 4.79 Å². The summed E-state index contributed by atoms with van der Waals surface area (Å²) in [7, 11) is 0. The number of carbonyl (C=O) groups excluding carboxylic acids is 2. The molecular weight excluding hydrogens is 237 g/mol. The Balaban J connectivity index is 2.72. The average molecular weight is 253 g/mol. The van der Waals surface area contributed by atoms with E-state index < -0.39 is 18.0 Å². The van der Waals surface area contributed by atoms with Crippen LogP contribution in [0.5, 0.6) is 0 Å². The van der Waals surface area contributed by atoms with E-state index in [1.54, 1.807) is 13.8 Å². The molecule has 1 unspecified atom stereocenters. The van der Waals surface area contributed by atoms with Gasteiger partial charge in [-0.3, -0.25) is 4.79 Å². The molecule has 0 spiro atoms. The molecular formula is C12H16FN3O2. The highest BCUT2D eigenvalue weighted by molar-refractivity contribution is 5.97. The SMILES string of the molecule is CC(C)C(NC(N)=O)C(=O)Nc1ccc(F)cc1. The lowest BCUT2D eigenvalue weighted by atomic mass is 10.0. The van der Waals surface area contributed by atoms with Crippen molar-refractivity contribution < 1.29 is 14.0 Å². The maximum Gasteiger partial charge on any atom is 0.312 e. The molecule has 0 aliphatic rings. The zero-order valence-electron chi connectivity index (χ0n) is 10.2. The Morgan fingerprint density at radius 2 is 1.78 bits per heavy atom. The summed E-state index contributed by atoms with van der Waals surface area (Å²) in [5.41, 5.74) is 5.46. The van der Waals surface area contributed by atoms with E-state index in [1.165, 1.54) is 24.3 Å². The summed E-state index contributed by atoms with van der Waals surface area (Å²) in [5, 5.41) is 4.94. The van der Waals surface area contributed by atoms with Crippen molar-refractivity contribution in [3.63, 3.8) is 0 Å². The van der Waals surface area contributed by atoms with E-state index in [4.69, 9.17) is 5.73 Å². The molecule has 5 nitrogen and oxygen atoms in total. The second kappa shape index (κ2) is 6.00. The van der Waals surface area contributed by atoms with Crippen LogP contribution in [0.2, 0.25) is 0 Å². The first-order chi connectivity index (χ1) is 8.40. The fraction of sp³-hybridized carbons (Fsp3) is 0.333. The Labute approximate surface area is 105 Å². The zero-order chi connectivity index (χ0) is 13.7. The second-order valence-corrected chi connectivity index (χ2v) is 4.23. The van der Waals surface area contributed by atoms with Crippen molar-refractivity contribution in [3.05, 3.63) is 30.1 Å². The Kier molecular flexibility index (Phi) is 4.65. The van der Waals surface area contributed by atoms with Crippen molar-refractivity contribution in [2.45, 2.75) is 19.9 Å². The molecule has 0 aromatic heterocycles. The number of primary amides is 1. The molecule has 0 aliphatic carbocycles. The van der Waals surface area contributed by atoms with Crippen molar-refractivity contribution in [2.24, 2.45) is 11.7 Å². The van der Waals surface area contributed by atoms with Crippen LogP contribution in [0.4, 0.5) is 14.9 Å². The number of hydrogen-bond acceptors (Lipinski definition) is 2. The standard InChI is InChI=1S/C12H16FN3O2/c1-7(2)10(16-12(14)18)11(17)15-9-5-3-8(13)4-6-9/h3-7,10H,1-2H3,(H,15,17)(H3,14,16,18). The fourth-order valence-electron chi connectivity index (χ4n) is 1.44. The summed E-state index contributed by atoms with van der Waals surface area (Å²) < 4.78 is 12.7. The van der Waals surface area contributed by atoms with E-state index in [-0.39, 0.29) is 11.7 Å². The van der Waals surface area contributed by atoms with E-state index in [2.05, 4.69) is 10.6 Å². The minimum Gasteiger partial charge on any atom is -0.352 e. The van der Waals surface area contributed by atoms with Gasteiger partial charge in [0.25, 0.3) is 0 Å². The predicted octanol–water partition coefficient (Wildman–Crippen LogP) is 1.46. The van der Waals surface area contributed by atoms with Gasteiger partial charge in [-0.15, -0.1) is 0 Å². The van der Waals surface area contributed by atoms with Crippen LogP contribution in [0.1, 0.15) is 13.8 Å². The summed E-state index contributed by atoms with van der Waals surface area (Å²) in [6.07, 6.45) is 0. The number of nitrogens with one attached hydrogen (secondary N) is 2. The molecule has 1 atom stereocenters. The first kappa shape index (κ1) is 14.0. The molecule has 1 aromatic carbocycles. The molecule has 0 bridgehead atoms. The van der Waals surface area contributed by atoms with Crippen LogP contribution in [0, 0.1) is 11.7 Å². The van der Waals surface area contributed by atoms with Crippen molar-refractivity contribution in [1.82, 2.24) is 5.32 Å². The minimum absolute atomic E-state index is 0.113. The van der Waals surface area contributed by atoms with Crippen LogP contribution in [0.3, 0.4) is 0 Å². The Morgan fingerprint density at radius 3 is 2.22 bits per heavy atom. The largest absolute Gasteiger partial charge is 0.352 e. The van der Waals surface area contributed by atoms with Crippen molar-refractivity contribution in [1.29, 1.82) is 0 Å². The zero-order valence-corrected chi connectivity index (χ0v) is 10.2. The van der Waals surface area contributed by atoms with Crippen LogP contribution in [-0.4, -0.2) is 18.0 Å². The molecule has 0 fully saturated rings. The van der Waals surface area contributed by atoms with Crippen LogP contribution >= 0.6 is 0 Å². The Morgan fingerprint density at radius 1 is 1.22 bits per heavy atom. The summed E-state index contributed by atoms with van der Waals surface area (Å²) >= 11 is 0. The van der Waals surface area contributed by atoms with Crippen LogP contribution in [0.25, 0.3) is 0 Å². The first-order valence-corrected chi connectivity index (χ1v) is 5.52. The third-order valence-electron chi connectivity index (χ3n) is 2.36. The molecule has 0 saturated carbocycles. The van der Waals surface area contributed by atoms with Gasteiger partial charge in [-0.2, -0.15) is 0 Å².